The highest BCUT2D eigenvalue weighted by atomic mass is 32.9. The summed E-state index contributed by atoms with van der Waals surface area (Å²) in [5.74, 6) is 0.893. The first kappa shape index (κ1) is 16.9. The minimum atomic E-state index is -2.52. The largest absolute Gasteiger partial charge is 0.337 e. The molecular weight excluding hydrogens is 259 g/mol. The topological polar surface area (TPSA) is 29.5 Å². The molecule has 0 aliphatic rings. The van der Waals surface area contributed by atoms with E-state index in [1.54, 1.807) is 0 Å². The van der Waals surface area contributed by atoms with Gasteiger partial charge in [0.2, 0.25) is 5.69 Å². The van der Waals surface area contributed by atoms with Gasteiger partial charge in [-0.1, -0.05) is 57.3 Å². The van der Waals surface area contributed by atoms with Gasteiger partial charge in [-0.3, -0.25) is 0 Å². The maximum absolute atomic E-state index is 9.75. The number of unbranched alkanes of at least 4 members (excludes halogenated alkanes) is 5. The van der Waals surface area contributed by atoms with Gasteiger partial charge in [0, 0.05) is 5.75 Å². The summed E-state index contributed by atoms with van der Waals surface area (Å²) in [5, 5.41) is 0. The summed E-state index contributed by atoms with van der Waals surface area (Å²) < 4.78 is 5.38. The molecule has 0 saturated heterocycles. The summed E-state index contributed by atoms with van der Waals surface area (Å²) in [6.07, 6.45) is 8.43. The molecule has 1 unspecified atom stereocenters. The molecule has 0 heterocycles. The lowest BCUT2D eigenvalue weighted by atomic mass is 10.1. The maximum Gasteiger partial charge on any atom is 0.244 e. The zero-order valence-corrected chi connectivity index (χ0v) is 13.0. The molecule has 0 radical (unpaired) electrons. The second kappa shape index (κ2) is 11.0. The van der Waals surface area contributed by atoms with E-state index >= 15 is 0 Å². The molecule has 0 saturated carbocycles. The van der Waals surface area contributed by atoms with Crippen LogP contribution < -0.4 is 0 Å². The van der Waals surface area contributed by atoms with E-state index in [0.717, 1.165) is 18.6 Å². The van der Waals surface area contributed by atoms with Crippen molar-refractivity contribution in [1.29, 1.82) is 0 Å². The van der Waals surface area contributed by atoms with Crippen molar-refractivity contribution in [3.8, 4) is 0 Å². The summed E-state index contributed by atoms with van der Waals surface area (Å²) in [7, 11) is 0. The molecule has 0 amide bonds. The van der Waals surface area contributed by atoms with E-state index in [2.05, 4.69) is 13.8 Å². The predicted octanol–water partition coefficient (Wildman–Crippen LogP) is 4.72. The quantitative estimate of drug-likeness (QED) is 0.439. The lowest BCUT2D eigenvalue weighted by Gasteiger charge is -2.14. The van der Waals surface area contributed by atoms with E-state index in [1.807, 2.05) is 0 Å². The molecule has 1 N–H and O–H groups in total. The van der Waals surface area contributed by atoms with Crippen LogP contribution in [0.5, 0.6) is 0 Å². The van der Waals surface area contributed by atoms with Gasteiger partial charge < -0.3 is 9.42 Å². The Morgan fingerprint density at radius 1 is 1.06 bits per heavy atom. The molecule has 2 nitrogen and oxygen atoms in total. The third-order valence-corrected chi connectivity index (χ3v) is 6.74. The number of hydrogen-bond donors (Lipinski definition) is 1. The first-order valence-electron chi connectivity index (χ1n) is 6.24. The van der Waals surface area contributed by atoms with Gasteiger partial charge in [0.05, 0.1) is 6.61 Å². The van der Waals surface area contributed by atoms with Crippen molar-refractivity contribution in [2.75, 3.05) is 12.4 Å². The van der Waals surface area contributed by atoms with Gasteiger partial charge in [-0.15, -0.1) is 0 Å². The summed E-state index contributed by atoms with van der Waals surface area (Å²) >= 11 is 6.45. The minimum Gasteiger partial charge on any atom is -0.337 e. The molecule has 0 bridgehead atoms. The highest BCUT2D eigenvalue weighted by Crippen LogP contribution is 2.56. The highest BCUT2D eigenvalue weighted by Gasteiger charge is 2.12. The predicted molar refractivity (Wildman–Crippen MR) is 78.6 cm³/mol. The van der Waals surface area contributed by atoms with E-state index in [1.165, 1.54) is 43.5 Å². The van der Waals surface area contributed by atoms with Gasteiger partial charge in [0.25, 0.3) is 0 Å². The van der Waals surface area contributed by atoms with Crippen molar-refractivity contribution >= 4 is 28.9 Å². The van der Waals surface area contributed by atoms with Gasteiger partial charge >= 0.3 is 0 Å². The van der Waals surface area contributed by atoms with Gasteiger partial charge in [0.15, 0.2) is 0 Å². The average molecular weight is 284 g/mol. The summed E-state index contributed by atoms with van der Waals surface area (Å²) in [4.78, 5) is 9.75. The lowest BCUT2D eigenvalue weighted by Crippen LogP contribution is -1.91. The molecule has 0 aliphatic heterocycles. The van der Waals surface area contributed by atoms with Crippen molar-refractivity contribution in [3.63, 3.8) is 0 Å². The molecule has 0 fully saturated rings. The van der Waals surface area contributed by atoms with Gasteiger partial charge in [-0.25, -0.2) is 0 Å². The Morgan fingerprint density at radius 3 is 2.31 bits per heavy atom. The fraction of sp³-hybridized carbons (Fsp3) is 1.00. The van der Waals surface area contributed by atoms with Crippen LogP contribution in [0.4, 0.5) is 0 Å². The SMILES string of the molecule is CCCCCCCCOP(O)(=S)SCCC. The Hall–Kier alpha value is 0.920. The molecule has 0 aromatic rings. The monoisotopic (exact) mass is 284 g/mol. The normalized spacial score (nSPS) is 14.9. The smallest absolute Gasteiger partial charge is 0.244 e. The molecule has 0 aromatic heterocycles. The van der Waals surface area contributed by atoms with E-state index in [9.17, 15) is 4.89 Å². The Labute approximate surface area is 109 Å². The molecular formula is C11H25O2PS2. The van der Waals surface area contributed by atoms with E-state index < -0.39 is 5.69 Å². The first-order chi connectivity index (χ1) is 7.62. The van der Waals surface area contributed by atoms with Crippen molar-refractivity contribution in [2.24, 2.45) is 0 Å². The molecule has 5 heteroatoms. The summed E-state index contributed by atoms with van der Waals surface area (Å²) in [6.45, 7) is 4.92. The number of hydrogen-bond acceptors (Lipinski definition) is 3. The third kappa shape index (κ3) is 11.4. The zero-order valence-electron chi connectivity index (χ0n) is 10.5. The molecule has 16 heavy (non-hydrogen) atoms. The van der Waals surface area contributed by atoms with Crippen molar-refractivity contribution < 1.29 is 9.42 Å². The molecule has 0 aliphatic carbocycles. The third-order valence-electron chi connectivity index (χ3n) is 2.21. The Bertz CT molecular complexity index is 200. The standard InChI is InChI=1S/C11H25O2PS2/c1-3-5-6-7-8-9-10-13-14(12,15)16-11-4-2/h3-11H2,1-2H3,(H,12,15). The molecule has 1 atom stereocenters. The van der Waals surface area contributed by atoms with Crippen LogP contribution in [0.15, 0.2) is 0 Å². The van der Waals surface area contributed by atoms with Crippen LogP contribution in [-0.2, 0) is 16.3 Å². The van der Waals surface area contributed by atoms with Crippen LogP contribution in [-0.4, -0.2) is 17.3 Å². The van der Waals surface area contributed by atoms with Crippen molar-refractivity contribution in [3.05, 3.63) is 0 Å². The zero-order chi connectivity index (χ0) is 12.3. The fourth-order valence-electron chi connectivity index (χ4n) is 1.31. The summed E-state index contributed by atoms with van der Waals surface area (Å²) in [6, 6.07) is 0. The first-order valence-corrected chi connectivity index (χ1v) is 10.5. The molecule has 0 aromatic carbocycles. The Kier molecular flexibility index (Phi) is 11.7. The summed E-state index contributed by atoms with van der Waals surface area (Å²) in [5.41, 5.74) is -2.52. The van der Waals surface area contributed by atoms with Gasteiger partial charge in [0.1, 0.15) is 0 Å². The van der Waals surface area contributed by atoms with Crippen LogP contribution >= 0.6 is 17.1 Å². The lowest BCUT2D eigenvalue weighted by molar-refractivity contribution is 0.307. The van der Waals surface area contributed by atoms with E-state index in [4.69, 9.17) is 16.3 Å². The molecule has 98 valence electrons. The molecule has 0 spiro atoms. The highest BCUT2D eigenvalue weighted by molar-refractivity contribution is 8.67. The Morgan fingerprint density at radius 2 is 1.69 bits per heavy atom. The van der Waals surface area contributed by atoms with Crippen LogP contribution in [0.3, 0.4) is 0 Å². The minimum absolute atomic E-state index is 0.622. The van der Waals surface area contributed by atoms with Crippen LogP contribution in [0.25, 0.3) is 0 Å². The van der Waals surface area contributed by atoms with E-state index in [-0.39, 0.29) is 0 Å². The van der Waals surface area contributed by atoms with Crippen LogP contribution in [0.2, 0.25) is 0 Å². The van der Waals surface area contributed by atoms with Crippen LogP contribution in [0.1, 0.15) is 58.8 Å². The Balaban J connectivity index is 3.32. The van der Waals surface area contributed by atoms with E-state index in [0.29, 0.717) is 6.61 Å². The number of rotatable bonds is 11. The fourth-order valence-corrected chi connectivity index (χ4v) is 4.74. The van der Waals surface area contributed by atoms with Gasteiger partial charge in [-0.05, 0) is 24.6 Å². The second-order valence-electron chi connectivity index (χ2n) is 3.90. The van der Waals surface area contributed by atoms with Crippen molar-refractivity contribution in [1.82, 2.24) is 0 Å². The maximum atomic E-state index is 9.75. The van der Waals surface area contributed by atoms with Crippen LogP contribution in [0, 0.1) is 0 Å². The van der Waals surface area contributed by atoms with Gasteiger partial charge in [-0.2, -0.15) is 0 Å². The second-order valence-corrected chi connectivity index (χ2v) is 10.2. The molecule has 0 rings (SSSR count). The van der Waals surface area contributed by atoms with Crippen molar-refractivity contribution in [2.45, 2.75) is 58.8 Å². The average Bonchev–Trinajstić information content (AvgIpc) is 2.25.